The van der Waals surface area contributed by atoms with Gasteiger partial charge in [-0.3, -0.25) is 4.72 Å². The van der Waals surface area contributed by atoms with Gasteiger partial charge >= 0.3 is 5.97 Å². The lowest BCUT2D eigenvalue weighted by molar-refractivity contribution is 0.0695. The molecule has 0 aliphatic rings. The van der Waals surface area contributed by atoms with Crippen LogP contribution in [0.25, 0.3) is 0 Å². The molecule has 2 N–H and O–H groups in total. The van der Waals surface area contributed by atoms with E-state index in [1.807, 2.05) is 0 Å². The summed E-state index contributed by atoms with van der Waals surface area (Å²) in [5, 5.41) is 17.2. The van der Waals surface area contributed by atoms with Crippen LogP contribution >= 0.6 is 12.6 Å². The Balaban J connectivity index is 1.78. The van der Waals surface area contributed by atoms with Crippen molar-refractivity contribution >= 4 is 45.8 Å². The average Bonchev–Trinajstić information content (AvgIpc) is 2.72. The molecular weight excluding hydrogens is 424 g/mol. The highest BCUT2D eigenvalue weighted by Gasteiger charge is 2.15. The Bertz CT molecular complexity index is 1180. The Labute approximate surface area is 179 Å². The Hall–Kier alpha value is -3.24. The van der Waals surface area contributed by atoms with Gasteiger partial charge in [-0.25, -0.2) is 18.2 Å². The van der Waals surface area contributed by atoms with Crippen LogP contribution in [0.3, 0.4) is 0 Å². The van der Waals surface area contributed by atoms with Crippen LogP contribution in [0.5, 0.6) is 0 Å². The van der Waals surface area contributed by atoms with Gasteiger partial charge in [-0.2, -0.15) is 22.9 Å². The summed E-state index contributed by atoms with van der Waals surface area (Å²) in [5.41, 5.74) is 1.46. The van der Waals surface area contributed by atoms with Crippen LogP contribution in [-0.4, -0.2) is 24.5 Å². The fourth-order valence-electron chi connectivity index (χ4n) is 2.58. The fourth-order valence-corrected chi connectivity index (χ4v) is 3.82. The van der Waals surface area contributed by atoms with Crippen molar-refractivity contribution in [3.05, 3.63) is 78.0 Å². The van der Waals surface area contributed by atoms with Crippen molar-refractivity contribution in [3.8, 4) is 0 Å². The monoisotopic (exact) mass is 442 g/mol. The lowest BCUT2D eigenvalue weighted by Crippen LogP contribution is -2.13. The number of anilines is 1. The third-order valence-electron chi connectivity index (χ3n) is 4.05. The van der Waals surface area contributed by atoms with Crippen molar-refractivity contribution in [2.24, 2.45) is 10.2 Å². The zero-order valence-electron chi connectivity index (χ0n) is 15.8. The molecule has 1 unspecified atom stereocenters. The Morgan fingerprint density at radius 1 is 1.07 bits per heavy atom. The minimum Gasteiger partial charge on any atom is -0.478 e. The molecule has 154 valence electrons. The van der Waals surface area contributed by atoms with E-state index in [0.717, 1.165) is 0 Å². The fraction of sp³-hybridized carbons (Fsp3) is 0.100. The lowest BCUT2D eigenvalue weighted by Gasteiger charge is -2.09. The maximum absolute atomic E-state index is 12.4. The Morgan fingerprint density at radius 2 is 1.73 bits per heavy atom. The minimum atomic E-state index is -3.78. The SMILES string of the molecule is CC(S)c1ccc(N=Nc2ccc(S(=O)(=O)Nc3ccccn3)cc2)cc1C(=O)O. The van der Waals surface area contributed by atoms with Gasteiger partial charge in [0.25, 0.3) is 10.0 Å². The molecule has 1 heterocycles. The van der Waals surface area contributed by atoms with Crippen molar-refractivity contribution in [2.45, 2.75) is 17.1 Å². The standard InChI is InChI=1S/C20H18N4O4S2/c1-13(29)17-10-7-15(12-18(17)20(25)26)23-22-14-5-8-16(9-6-14)30(27,28)24-19-4-2-3-11-21-19/h2-13,29H,1H3,(H,21,24)(H,25,26). The normalized spacial score (nSPS) is 12.6. The predicted molar refractivity (Wildman–Crippen MR) is 116 cm³/mol. The molecule has 0 radical (unpaired) electrons. The lowest BCUT2D eigenvalue weighted by atomic mass is 10.0. The highest BCUT2D eigenvalue weighted by atomic mass is 32.2. The van der Waals surface area contributed by atoms with Crippen LogP contribution in [0.1, 0.15) is 28.1 Å². The van der Waals surface area contributed by atoms with Crippen LogP contribution < -0.4 is 4.72 Å². The average molecular weight is 443 g/mol. The van der Waals surface area contributed by atoms with Gasteiger partial charge in [0.2, 0.25) is 0 Å². The summed E-state index contributed by atoms with van der Waals surface area (Å²) in [5.74, 6) is -0.854. The molecule has 1 atom stereocenters. The molecule has 0 aliphatic carbocycles. The Kier molecular flexibility index (Phi) is 6.48. The summed E-state index contributed by atoms with van der Waals surface area (Å²) in [6.07, 6.45) is 1.49. The van der Waals surface area contributed by atoms with Crippen molar-refractivity contribution in [2.75, 3.05) is 4.72 Å². The van der Waals surface area contributed by atoms with Gasteiger partial charge in [0, 0.05) is 11.4 Å². The van der Waals surface area contributed by atoms with Gasteiger partial charge in [0.15, 0.2) is 0 Å². The van der Waals surface area contributed by atoms with E-state index in [-0.39, 0.29) is 21.5 Å². The summed E-state index contributed by atoms with van der Waals surface area (Å²) >= 11 is 4.28. The number of aromatic nitrogens is 1. The summed E-state index contributed by atoms with van der Waals surface area (Å²) < 4.78 is 27.2. The molecule has 30 heavy (non-hydrogen) atoms. The van der Waals surface area contributed by atoms with Crippen molar-refractivity contribution in [1.82, 2.24) is 4.98 Å². The molecule has 2 aromatic carbocycles. The second-order valence-corrected chi connectivity index (χ2v) is 8.72. The minimum absolute atomic E-state index is 0.0485. The van der Waals surface area contributed by atoms with Crippen LogP contribution in [0, 0.1) is 0 Å². The molecule has 0 saturated carbocycles. The van der Waals surface area contributed by atoms with E-state index in [1.54, 1.807) is 37.3 Å². The van der Waals surface area contributed by atoms with Crippen molar-refractivity contribution < 1.29 is 18.3 Å². The highest BCUT2D eigenvalue weighted by Crippen LogP contribution is 2.28. The summed E-state index contributed by atoms with van der Waals surface area (Å²) in [6, 6.07) is 15.4. The summed E-state index contributed by atoms with van der Waals surface area (Å²) in [4.78, 5) is 15.4. The van der Waals surface area contributed by atoms with Gasteiger partial charge in [-0.05, 0) is 61.0 Å². The van der Waals surface area contributed by atoms with Crippen LogP contribution in [0.15, 0.2) is 82.0 Å². The number of carboxylic acid groups (broad SMARTS) is 1. The zero-order valence-corrected chi connectivity index (χ0v) is 17.5. The summed E-state index contributed by atoms with van der Waals surface area (Å²) in [6.45, 7) is 1.78. The number of nitrogens with zero attached hydrogens (tertiary/aromatic N) is 3. The van der Waals surface area contributed by atoms with E-state index in [4.69, 9.17) is 0 Å². The molecule has 3 aromatic rings. The third-order valence-corrected chi connectivity index (χ3v) is 5.70. The van der Waals surface area contributed by atoms with Crippen LogP contribution in [0.2, 0.25) is 0 Å². The molecule has 0 saturated heterocycles. The van der Waals surface area contributed by atoms with Gasteiger partial charge in [-0.15, -0.1) is 0 Å². The topological polar surface area (TPSA) is 121 Å². The van der Waals surface area contributed by atoms with E-state index in [9.17, 15) is 18.3 Å². The molecule has 0 aliphatic heterocycles. The van der Waals surface area contributed by atoms with Crippen LogP contribution in [-0.2, 0) is 10.0 Å². The second kappa shape index (κ2) is 9.06. The number of carbonyl (C=O) groups is 1. The van der Waals surface area contributed by atoms with E-state index in [2.05, 4.69) is 32.6 Å². The number of aromatic carboxylic acids is 1. The highest BCUT2D eigenvalue weighted by molar-refractivity contribution is 7.92. The van der Waals surface area contributed by atoms with Crippen molar-refractivity contribution in [3.63, 3.8) is 0 Å². The predicted octanol–water partition coefficient (Wildman–Crippen LogP) is 4.99. The number of nitrogens with one attached hydrogen (secondary N) is 1. The van der Waals surface area contributed by atoms with E-state index >= 15 is 0 Å². The number of rotatable bonds is 7. The molecule has 10 heteroatoms. The number of carboxylic acids is 1. The number of benzene rings is 2. The number of azo groups is 1. The second-order valence-electron chi connectivity index (χ2n) is 6.27. The van der Waals surface area contributed by atoms with Gasteiger partial charge in [-0.1, -0.05) is 12.1 Å². The third kappa shape index (κ3) is 5.22. The molecule has 0 amide bonds. The molecule has 3 rings (SSSR count). The smallest absolute Gasteiger partial charge is 0.336 e. The number of pyridine rings is 1. The molecule has 8 nitrogen and oxygen atoms in total. The van der Waals surface area contributed by atoms with E-state index in [0.29, 0.717) is 16.9 Å². The van der Waals surface area contributed by atoms with Gasteiger partial charge in [0.1, 0.15) is 5.82 Å². The van der Waals surface area contributed by atoms with Crippen molar-refractivity contribution in [1.29, 1.82) is 0 Å². The van der Waals surface area contributed by atoms with Gasteiger partial charge < -0.3 is 5.11 Å². The molecular formula is C20H18N4O4S2. The molecule has 1 aromatic heterocycles. The molecule has 0 spiro atoms. The number of sulfonamides is 1. The first-order chi connectivity index (χ1) is 14.3. The number of hydrogen-bond acceptors (Lipinski definition) is 7. The van der Waals surface area contributed by atoms with E-state index in [1.165, 1.54) is 36.5 Å². The zero-order chi connectivity index (χ0) is 21.7. The number of thiol groups is 1. The first-order valence-electron chi connectivity index (χ1n) is 8.77. The number of hydrogen-bond donors (Lipinski definition) is 3. The quantitative estimate of drug-likeness (QED) is 0.352. The first-order valence-corrected chi connectivity index (χ1v) is 10.8. The van der Waals surface area contributed by atoms with Gasteiger partial charge in [0.05, 0.1) is 21.8 Å². The first kappa shape index (κ1) is 21.5. The van der Waals surface area contributed by atoms with Crippen LogP contribution in [0.4, 0.5) is 17.2 Å². The molecule has 0 fully saturated rings. The molecule has 0 bridgehead atoms. The van der Waals surface area contributed by atoms with E-state index < -0.39 is 16.0 Å². The maximum Gasteiger partial charge on any atom is 0.336 e. The largest absolute Gasteiger partial charge is 0.478 e. The Morgan fingerprint density at radius 3 is 2.33 bits per heavy atom. The summed E-state index contributed by atoms with van der Waals surface area (Å²) in [7, 11) is -3.78. The maximum atomic E-state index is 12.4.